The highest BCUT2D eigenvalue weighted by Crippen LogP contribution is 2.30. The summed E-state index contributed by atoms with van der Waals surface area (Å²) in [5, 5.41) is 0. The molecule has 1 aliphatic heterocycles. The summed E-state index contributed by atoms with van der Waals surface area (Å²) in [4.78, 5) is 3.61. The van der Waals surface area contributed by atoms with E-state index in [0.717, 1.165) is 24.7 Å². The second kappa shape index (κ2) is 6.61. The summed E-state index contributed by atoms with van der Waals surface area (Å²) in [5.74, 6) is 1.83. The summed E-state index contributed by atoms with van der Waals surface area (Å²) in [7, 11) is 0. The van der Waals surface area contributed by atoms with Gasteiger partial charge in [-0.1, -0.05) is 18.2 Å². The number of ether oxygens (including phenoxy) is 1. The molecule has 0 bridgehead atoms. The Bertz CT molecular complexity index is 543. The molecular weight excluding hydrogens is 278 g/mol. The van der Waals surface area contributed by atoms with Gasteiger partial charge in [-0.3, -0.25) is 0 Å². The van der Waals surface area contributed by atoms with Crippen molar-refractivity contribution in [3.8, 4) is 0 Å². The molecule has 1 aromatic carbocycles. The van der Waals surface area contributed by atoms with Crippen molar-refractivity contribution in [1.29, 1.82) is 0 Å². The van der Waals surface area contributed by atoms with Gasteiger partial charge in [0.2, 0.25) is 0 Å². The lowest BCUT2D eigenvalue weighted by Gasteiger charge is -2.30. The third-order valence-corrected chi connectivity index (χ3v) is 4.30. The van der Waals surface area contributed by atoms with E-state index in [2.05, 4.69) is 62.6 Å². The van der Waals surface area contributed by atoms with Crippen molar-refractivity contribution in [2.45, 2.75) is 44.7 Å². The fraction of sp³-hybridized carbons (Fsp3) is 0.444. The molecule has 1 aliphatic rings. The normalized spacial score (nSPS) is 15.7. The predicted molar refractivity (Wildman–Crippen MR) is 92.3 cm³/mol. The Morgan fingerprint density at radius 3 is 2.81 bits per heavy atom. The molecule has 2 nitrogen and oxygen atoms in total. The molecule has 1 heterocycles. The summed E-state index contributed by atoms with van der Waals surface area (Å²) in [6.45, 7) is 14.2. The van der Waals surface area contributed by atoms with Crippen molar-refractivity contribution in [3.05, 3.63) is 47.9 Å². The van der Waals surface area contributed by atoms with Gasteiger partial charge in [-0.15, -0.1) is 11.8 Å². The molecule has 2 rings (SSSR count). The maximum Gasteiger partial charge on any atom is 0.182 e. The van der Waals surface area contributed by atoms with Crippen LogP contribution in [0.25, 0.3) is 6.08 Å². The molecule has 0 atom stereocenters. The van der Waals surface area contributed by atoms with Crippen molar-refractivity contribution in [2.24, 2.45) is 0 Å². The Hall–Kier alpha value is -1.35. The van der Waals surface area contributed by atoms with E-state index in [1.54, 1.807) is 0 Å². The lowest BCUT2D eigenvalue weighted by Crippen LogP contribution is -2.30. The minimum absolute atomic E-state index is 0.202. The zero-order chi connectivity index (χ0) is 15.5. The molecule has 3 heteroatoms. The van der Waals surface area contributed by atoms with Crippen molar-refractivity contribution in [3.63, 3.8) is 0 Å². The lowest BCUT2D eigenvalue weighted by atomic mass is 10.1. The van der Waals surface area contributed by atoms with E-state index >= 15 is 0 Å². The minimum Gasteiger partial charge on any atom is -0.474 e. The molecule has 114 valence electrons. The van der Waals surface area contributed by atoms with E-state index in [1.165, 1.54) is 16.0 Å². The molecular formula is C18H25NOS. The summed E-state index contributed by atoms with van der Waals surface area (Å²) in [6.07, 6.45) is 4.21. The van der Waals surface area contributed by atoms with Gasteiger partial charge in [0.05, 0.1) is 0 Å². The van der Waals surface area contributed by atoms with Gasteiger partial charge in [0.15, 0.2) is 5.88 Å². The topological polar surface area (TPSA) is 12.5 Å². The van der Waals surface area contributed by atoms with E-state index in [4.69, 9.17) is 4.74 Å². The Kier molecular flexibility index (Phi) is 5.04. The van der Waals surface area contributed by atoms with E-state index in [1.807, 2.05) is 18.7 Å². The van der Waals surface area contributed by atoms with Crippen LogP contribution in [0.3, 0.4) is 0 Å². The number of allylic oxidation sites excluding steroid dienone is 1. The Labute approximate surface area is 132 Å². The Morgan fingerprint density at radius 1 is 1.38 bits per heavy atom. The van der Waals surface area contributed by atoms with Gasteiger partial charge in [0.25, 0.3) is 0 Å². The highest BCUT2D eigenvalue weighted by Gasteiger charge is 2.20. The third kappa shape index (κ3) is 4.57. The van der Waals surface area contributed by atoms with Crippen molar-refractivity contribution >= 4 is 17.8 Å². The van der Waals surface area contributed by atoms with Gasteiger partial charge in [0.1, 0.15) is 5.60 Å². The average Bonchev–Trinajstić information content (AvgIpc) is 2.59. The molecule has 0 unspecified atom stereocenters. The molecule has 0 aromatic heterocycles. The SMILES string of the molecule is C=C(OC(C)(C)C)N1CCSc2ccc(/C=C/C)cc2C1. The largest absolute Gasteiger partial charge is 0.474 e. The van der Waals surface area contributed by atoms with Crippen LogP contribution in [0.5, 0.6) is 0 Å². The van der Waals surface area contributed by atoms with Crippen LogP contribution in [0.15, 0.2) is 41.6 Å². The second-order valence-corrected chi connectivity index (χ2v) is 7.38. The number of hydrogen-bond acceptors (Lipinski definition) is 3. The Balaban J connectivity index is 2.19. The Morgan fingerprint density at radius 2 is 2.14 bits per heavy atom. The average molecular weight is 303 g/mol. The summed E-state index contributed by atoms with van der Waals surface area (Å²) in [6, 6.07) is 6.68. The van der Waals surface area contributed by atoms with Crippen LogP contribution >= 0.6 is 11.8 Å². The van der Waals surface area contributed by atoms with Crippen molar-refractivity contribution < 1.29 is 4.74 Å². The maximum atomic E-state index is 5.93. The molecule has 0 saturated carbocycles. The molecule has 0 fully saturated rings. The summed E-state index contributed by atoms with van der Waals surface area (Å²) in [5.41, 5.74) is 2.40. The standard InChI is InChI=1S/C18H25NOS/c1-6-7-15-8-9-17-16(12-15)13-19(10-11-21-17)14(2)20-18(3,4)5/h6-9,12H,2,10-11,13H2,1,3-5H3/b7-6+. The molecule has 0 saturated heterocycles. The van der Waals surface area contributed by atoms with E-state index in [9.17, 15) is 0 Å². The van der Waals surface area contributed by atoms with Gasteiger partial charge in [0, 0.05) is 23.7 Å². The predicted octanol–water partition coefficient (Wildman–Crippen LogP) is 4.91. The van der Waals surface area contributed by atoms with E-state index in [0.29, 0.717) is 0 Å². The van der Waals surface area contributed by atoms with Crippen molar-refractivity contribution in [1.82, 2.24) is 4.90 Å². The van der Waals surface area contributed by atoms with E-state index < -0.39 is 0 Å². The summed E-state index contributed by atoms with van der Waals surface area (Å²) < 4.78 is 5.93. The fourth-order valence-electron chi connectivity index (χ4n) is 2.34. The zero-order valence-electron chi connectivity index (χ0n) is 13.5. The smallest absolute Gasteiger partial charge is 0.182 e. The maximum absolute atomic E-state index is 5.93. The number of rotatable bonds is 3. The van der Waals surface area contributed by atoms with Crippen LogP contribution in [-0.4, -0.2) is 22.8 Å². The lowest BCUT2D eigenvalue weighted by molar-refractivity contribution is 0.00236. The van der Waals surface area contributed by atoms with Gasteiger partial charge in [-0.05, 0) is 57.5 Å². The first kappa shape index (κ1) is 16.0. The molecule has 1 aromatic rings. The van der Waals surface area contributed by atoms with E-state index in [-0.39, 0.29) is 5.60 Å². The number of thioether (sulfide) groups is 1. The first-order chi connectivity index (χ1) is 9.89. The molecule has 0 radical (unpaired) electrons. The van der Waals surface area contributed by atoms with Crippen molar-refractivity contribution in [2.75, 3.05) is 12.3 Å². The van der Waals surface area contributed by atoms with Gasteiger partial charge >= 0.3 is 0 Å². The van der Waals surface area contributed by atoms with Crippen LogP contribution in [-0.2, 0) is 11.3 Å². The quantitative estimate of drug-likeness (QED) is 0.736. The highest BCUT2D eigenvalue weighted by atomic mass is 32.2. The third-order valence-electron chi connectivity index (χ3n) is 3.20. The highest BCUT2D eigenvalue weighted by molar-refractivity contribution is 7.99. The summed E-state index contributed by atoms with van der Waals surface area (Å²) >= 11 is 1.91. The van der Waals surface area contributed by atoms with Crippen LogP contribution in [0, 0.1) is 0 Å². The first-order valence-electron chi connectivity index (χ1n) is 7.40. The monoisotopic (exact) mass is 303 g/mol. The fourth-order valence-corrected chi connectivity index (χ4v) is 3.35. The molecule has 21 heavy (non-hydrogen) atoms. The molecule has 0 spiro atoms. The van der Waals surface area contributed by atoms with Crippen LogP contribution in [0.1, 0.15) is 38.8 Å². The van der Waals surface area contributed by atoms with Gasteiger partial charge in [-0.25, -0.2) is 0 Å². The first-order valence-corrected chi connectivity index (χ1v) is 8.39. The van der Waals surface area contributed by atoms with Gasteiger partial charge < -0.3 is 9.64 Å². The van der Waals surface area contributed by atoms with Gasteiger partial charge in [-0.2, -0.15) is 0 Å². The van der Waals surface area contributed by atoms with Crippen LogP contribution in [0.2, 0.25) is 0 Å². The number of hydrogen-bond donors (Lipinski definition) is 0. The molecule has 0 aliphatic carbocycles. The number of nitrogens with zero attached hydrogens (tertiary/aromatic N) is 1. The number of fused-ring (bicyclic) bond motifs is 1. The second-order valence-electron chi connectivity index (χ2n) is 6.25. The van der Waals surface area contributed by atoms with Crippen LogP contribution < -0.4 is 0 Å². The zero-order valence-corrected chi connectivity index (χ0v) is 14.3. The number of benzene rings is 1. The molecule has 0 amide bonds. The molecule has 0 N–H and O–H groups in total. The minimum atomic E-state index is -0.202. The van der Waals surface area contributed by atoms with Crippen LogP contribution in [0.4, 0.5) is 0 Å².